The smallest absolute Gasteiger partial charge is 0.253 e. The number of para-hydroxylation sites is 1. The van der Waals surface area contributed by atoms with Gasteiger partial charge in [0.25, 0.3) is 5.91 Å². The number of amides is 1. The second-order valence-electron chi connectivity index (χ2n) is 7.12. The molecule has 2 N–H and O–H groups in total. The van der Waals surface area contributed by atoms with Crippen LogP contribution in [0.5, 0.6) is 0 Å². The maximum Gasteiger partial charge on any atom is 0.253 e. The highest BCUT2D eigenvalue weighted by Gasteiger charge is 2.26. The number of aromatic nitrogens is 4. The standard InChI is InChI=1S/C22H20N6O/c29-21(17-7-4-8-19-20(17)25-14-24-19)26-16-10-12-28(13-16)22-23-11-9-18(27-22)15-5-2-1-3-6-15/h1-9,11,14,16H,10,12-13H2,(H,24,25)(H,26,29). The molecule has 0 saturated carbocycles. The van der Waals surface area contributed by atoms with Gasteiger partial charge in [-0.25, -0.2) is 15.0 Å². The van der Waals surface area contributed by atoms with E-state index in [1.54, 1.807) is 18.6 Å². The molecule has 4 aromatic rings. The van der Waals surface area contributed by atoms with Gasteiger partial charge in [-0.3, -0.25) is 4.79 Å². The van der Waals surface area contributed by atoms with Gasteiger partial charge in [-0.2, -0.15) is 0 Å². The van der Waals surface area contributed by atoms with Crippen molar-refractivity contribution >= 4 is 22.9 Å². The molecule has 7 nitrogen and oxygen atoms in total. The number of hydrogen-bond donors (Lipinski definition) is 2. The zero-order chi connectivity index (χ0) is 19.6. The summed E-state index contributed by atoms with van der Waals surface area (Å²) in [5.74, 6) is 0.589. The number of H-pyrrole nitrogens is 1. The van der Waals surface area contributed by atoms with Crippen LogP contribution < -0.4 is 10.2 Å². The Hall–Kier alpha value is -3.74. The van der Waals surface area contributed by atoms with Crippen LogP contribution in [0.1, 0.15) is 16.8 Å². The van der Waals surface area contributed by atoms with Crippen LogP contribution in [0.3, 0.4) is 0 Å². The average molecular weight is 384 g/mol. The lowest BCUT2D eigenvalue weighted by atomic mass is 10.1. The number of hydrogen-bond acceptors (Lipinski definition) is 5. The molecule has 1 fully saturated rings. The van der Waals surface area contributed by atoms with Gasteiger partial charge in [0, 0.05) is 30.9 Å². The number of aromatic amines is 1. The number of carbonyl (C=O) groups is 1. The lowest BCUT2D eigenvalue weighted by Gasteiger charge is -2.17. The number of anilines is 1. The van der Waals surface area contributed by atoms with E-state index in [-0.39, 0.29) is 11.9 Å². The SMILES string of the molecule is O=C(NC1CCN(c2nccc(-c3ccccc3)n2)C1)c1cccc2[nH]cnc12. The molecule has 1 aliphatic rings. The van der Waals surface area contributed by atoms with E-state index >= 15 is 0 Å². The Morgan fingerprint density at radius 2 is 1.97 bits per heavy atom. The van der Waals surface area contributed by atoms with Crippen LogP contribution in [0, 0.1) is 0 Å². The Morgan fingerprint density at radius 1 is 1.07 bits per heavy atom. The van der Waals surface area contributed by atoms with Crippen LogP contribution in [0.15, 0.2) is 67.1 Å². The van der Waals surface area contributed by atoms with Gasteiger partial charge in [-0.1, -0.05) is 36.4 Å². The largest absolute Gasteiger partial charge is 0.347 e. The molecule has 2 aromatic carbocycles. The molecule has 2 aromatic heterocycles. The van der Waals surface area contributed by atoms with Gasteiger partial charge in [0.1, 0.15) is 5.52 Å². The molecule has 1 amide bonds. The third kappa shape index (κ3) is 3.42. The van der Waals surface area contributed by atoms with Crippen LogP contribution in [0.2, 0.25) is 0 Å². The zero-order valence-corrected chi connectivity index (χ0v) is 15.7. The summed E-state index contributed by atoms with van der Waals surface area (Å²) in [5, 5.41) is 3.13. The van der Waals surface area contributed by atoms with E-state index in [2.05, 4.69) is 25.2 Å². The second-order valence-corrected chi connectivity index (χ2v) is 7.12. The first-order valence-corrected chi connectivity index (χ1v) is 9.64. The predicted molar refractivity (Wildman–Crippen MR) is 112 cm³/mol. The van der Waals surface area contributed by atoms with Gasteiger partial charge in [-0.15, -0.1) is 0 Å². The molecule has 1 saturated heterocycles. The average Bonchev–Trinajstić information content (AvgIpc) is 3.44. The Balaban J connectivity index is 1.29. The minimum absolute atomic E-state index is 0.0423. The number of imidazole rings is 1. The molecule has 29 heavy (non-hydrogen) atoms. The Kier molecular flexibility index (Phi) is 4.40. The van der Waals surface area contributed by atoms with Gasteiger partial charge in [0.15, 0.2) is 0 Å². The van der Waals surface area contributed by atoms with E-state index in [1.165, 1.54) is 0 Å². The summed E-state index contributed by atoms with van der Waals surface area (Å²) in [6, 6.07) is 17.6. The summed E-state index contributed by atoms with van der Waals surface area (Å²) in [6.07, 6.45) is 4.24. The fourth-order valence-corrected chi connectivity index (χ4v) is 3.74. The molecule has 0 aliphatic carbocycles. The van der Waals surface area contributed by atoms with Crippen LogP contribution in [0.25, 0.3) is 22.3 Å². The lowest BCUT2D eigenvalue weighted by Crippen LogP contribution is -2.37. The van der Waals surface area contributed by atoms with Crippen molar-refractivity contribution in [2.24, 2.45) is 0 Å². The third-order valence-electron chi connectivity index (χ3n) is 5.21. The fourth-order valence-electron chi connectivity index (χ4n) is 3.74. The quantitative estimate of drug-likeness (QED) is 0.565. The van der Waals surface area contributed by atoms with Crippen molar-refractivity contribution in [2.45, 2.75) is 12.5 Å². The molecule has 5 rings (SSSR count). The van der Waals surface area contributed by atoms with Crippen molar-refractivity contribution in [3.05, 3.63) is 72.7 Å². The molecular weight excluding hydrogens is 364 g/mol. The minimum atomic E-state index is -0.103. The van der Waals surface area contributed by atoms with Gasteiger partial charge in [-0.05, 0) is 24.6 Å². The molecule has 0 bridgehead atoms. The number of fused-ring (bicyclic) bond motifs is 1. The molecule has 1 unspecified atom stereocenters. The first kappa shape index (κ1) is 17.4. The second kappa shape index (κ2) is 7.35. The highest BCUT2D eigenvalue weighted by Crippen LogP contribution is 2.22. The fraction of sp³-hybridized carbons (Fsp3) is 0.182. The molecule has 7 heteroatoms. The summed E-state index contributed by atoms with van der Waals surface area (Å²) in [6.45, 7) is 1.48. The predicted octanol–water partition coefficient (Wildman–Crippen LogP) is 3.03. The lowest BCUT2D eigenvalue weighted by molar-refractivity contribution is 0.0942. The number of rotatable bonds is 4. The van der Waals surface area contributed by atoms with Crippen molar-refractivity contribution in [1.29, 1.82) is 0 Å². The van der Waals surface area contributed by atoms with Gasteiger partial charge in [0.2, 0.25) is 5.95 Å². The molecule has 0 radical (unpaired) electrons. The van der Waals surface area contributed by atoms with Gasteiger partial charge < -0.3 is 15.2 Å². The Labute approximate surface area is 167 Å². The van der Waals surface area contributed by atoms with E-state index in [0.717, 1.165) is 29.7 Å². The van der Waals surface area contributed by atoms with Crippen molar-refractivity contribution in [1.82, 2.24) is 25.3 Å². The van der Waals surface area contributed by atoms with Gasteiger partial charge in [0.05, 0.1) is 23.1 Å². The van der Waals surface area contributed by atoms with Crippen LogP contribution in [0.4, 0.5) is 5.95 Å². The van der Waals surface area contributed by atoms with Crippen LogP contribution in [-0.4, -0.2) is 45.0 Å². The highest BCUT2D eigenvalue weighted by molar-refractivity contribution is 6.04. The van der Waals surface area contributed by atoms with Crippen molar-refractivity contribution in [3.63, 3.8) is 0 Å². The number of nitrogens with one attached hydrogen (secondary N) is 2. The molecule has 3 heterocycles. The molecule has 1 atom stereocenters. The Bertz CT molecular complexity index is 1160. The van der Waals surface area contributed by atoms with Crippen molar-refractivity contribution < 1.29 is 4.79 Å². The summed E-state index contributed by atoms with van der Waals surface area (Å²) in [4.78, 5) is 31.4. The summed E-state index contributed by atoms with van der Waals surface area (Å²) < 4.78 is 0. The van der Waals surface area contributed by atoms with E-state index in [1.807, 2.05) is 48.5 Å². The molecule has 1 aliphatic heterocycles. The monoisotopic (exact) mass is 384 g/mol. The molecule has 144 valence electrons. The molecular formula is C22H20N6O. The summed E-state index contributed by atoms with van der Waals surface area (Å²) >= 11 is 0. The molecule has 0 spiro atoms. The van der Waals surface area contributed by atoms with Crippen molar-refractivity contribution in [2.75, 3.05) is 18.0 Å². The maximum absolute atomic E-state index is 12.8. The number of benzene rings is 2. The van der Waals surface area contributed by atoms with E-state index in [9.17, 15) is 4.79 Å². The first-order chi connectivity index (χ1) is 14.3. The van der Waals surface area contributed by atoms with Gasteiger partial charge >= 0.3 is 0 Å². The summed E-state index contributed by atoms with van der Waals surface area (Å²) in [5.41, 5.74) is 4.10. The van der Waals surface area contributed by atoms with E-state index in [4.69, 9.17) is 4.98 Å². The summed E-state index contributed by atoms with van der Waals surface area (Å²) in [7, 11) is 0. The minimum Gasteiger partial charge on any atom is -0.347 e. The first-order valence-electron chi connectivity index (χ1n) is 9.64. The van der Waals surface area contributed by atoms with Crippen molar-refractivity contribution in [3.8, 4) is 11.3 Å². The maximum atomic E-state index is 12.8. The topological polar surface area (TPSA) is 86.8 Å². The highest BCUT2D eigenvalue weighted by atomic mass is 16.1. The van der Waals surface area contributed by atoms with E-state index < -0.39 is 0 Å². The number of carbonyl (C=O) groups excluding carboxylic acids is 1. The Morgan fingerprint density at radius 3 is 2.86 bits per heavy atom. The van der Waals surface area contributed by atoms with Crippen LogP contribution in [-0.2, 0) is 0 Å². The normalized spacial score (nSPS) is 16.3. The third-order valence-corrected chi connectivity index (χ3v) is 5.21. The zero-order valence-electron chi connectivity index (χ0n) is 15.7. The van der Waals surface area contributed by atoms with E-state index in [0.29, 0.717) is 23.6 Å². The van der Waals surface area contributed by atoms with Crippen LogP contribution >= 0.6 is 0 Å². The number of nitrogens with zero attached hydrogens (tertiary/aromatic N) is 4.